The van der Waals surface area contributed by atoms with E-state index in [0.29, 0.717) is 6.42 Å². The highest BCUT2D eigenvalue weighted by Gasteiger charge is 2.27. The molecule has 0 fully saturated rings. The molecular formula is C26H31FN4O6S. The lowest BCUT2D eigenvalue weighted by molar-refractivity contribution is -0.119. The molecule has 1 heterocycles. The summed E-state index contributed by atoms with van der Waals surface area (Å²) in [4.78, 5) is 23.9. The van der Waals surface area contributed by atoms with Crippen LogP contribution in [-0.2, 0) is 14.8 Å². The molecule has 1 unspecified atom stereocenters. The van der Waals surface area contributed by atoms with E-state index in [-0.39, 0.29) is 63.4 Å². The molecule has 0 bridgehead atoms. The Morgan fingerprint density at radius 2 is 1.87 bits per heavy atom. The predicted octanol–water partition coefficient (Wildman–Crippen LogP) is 4.73. The van der Waals surface area contributed by atoms with Crippen LogP contribution in [0.3, 0.4) is 0 Å². The van der Waals surface area contributed by atoms with Crippen molar-refractivity contribution in [1.82, 2.24) is 14.5 Å². The summed E-state index contributed by atoms with van der Waals surface area (Å²) in [6, 6.07) is 9.40. The minimum absolute atomic E-state index is 0.0113. The van der Waals surface area contributed by atoms with E-state index in [1.807, 2.05) is 20.8 Å². The molecule has 0 aliphatic heterocycles. The number of carboxylic acids is 1. The van der Waals surface area contributed by atoms with Crippen molar-refractivity contribution in [2.45, 2.75) is 45.9 Å². The Kier molecular flexibility index (Phi) is 8.89. The van der Waals surface area contributed by atoms with E-state index in [0.717, 1.165) is 10.7 Å². The number of nitrogens with one attached hydrogen (secondary N) is 2. The minimum Gasteiger partial charge on any atom is -0.476 e. The number of carbonyl (C=O) groups is 2. The molecule has 2 aromatic carbocycles. The molecule has 0 saturated carbocycles. The Bertz CT molecular complexity index is 1450. The molecule has 0 aliphatic carbocycles. The number of sulfonamides is 1. The standard InChI is InChI=1S/C26H31FN4O6S/c1-6-16(4)24(32)29-19-10-11-21(22(13-19)38(35,36)28-14-15(2)3)37-25-17(5)23(26(33)34)30-31(25)20-9-7-8-18(27)12-20/h7-13,15-16,28H,6,14H2,1-5H3,(H,29,32)(H,33,34). The van der Waals surface area contributed by atoms with Gasteiger partial charge in [-0.05, 0) is 55.7 Å². The Morgan fingerprint density at radius 3 is 2.47 bits per heavy atom. The summed E-state index contributed by atoms with van der Waals surface area (Å²) >= 11 is 0. The molecule has 0 radical (unpaired) electrons. The van der Waals surface area contributed by atoms with Crippen molar-refractivity contribution in [2.75, 3.05) is 11.9 Å². The summed E-state index contributed by atoms with van der Waals surface area (Å²) in [5.41, 5.74) is 0.183. The number of benzene rings is 2. The maximum atomic E-state index is 14.0. The number of aromatic nitrogens is 2. The molecule has 10 nitrogen and oxygen atoms in total. The first kappa shape index (κ1) is 28.8. The van der Waals surface area contributed by atoms with Gasteiger partial charge < -0.3 is 15.2 Å². The molecule has 3 aromatic rings. The fourth-order valence-electron chi connectivity index (χ4n) is 3.38. The van der Waals surface area contributed by atoms with Crippen LogP contribution in [0.25, 0.3) is 5.69 Å². The maximum absolute atomic E-state index is 14.0. The van der Waals surface area contributed by atoms with Gasteiger partial charge in [0.2, 0.25) is 21.8 Å². The van der Waals surface area contributed by atoms with Crippen LogP contribution in [0.1, 0.15) is 50.2 Å². The van der Waals surface area contributed by atoms with Crippen molar-refractivity contribution < 1.29 is 32.2 Å². The molecule has 1 atom stereocenters. The maximum Gasteiger partial charge on any atom is 0.356 e. The van der Waals surface area contributed by atoms with Crippen LogP contribution in [-0.4, -0.2) is 41.7 Å². The fourth-order valence-corrected chi connectivity index (χ4v) is 4.74. The van der Waals surface area contributed by atoms with Crippen LogP contribution in [0.15, 0.2) is 47.4 Å². The van der Waals surface area contributed by atoms with Gasteiger partial charge in [-0.2, -0.15) is 9.78 Å². The van der Waals surface area contributed by atoms with Gasteiger partial charge in [-0.1, -0.05) is 33.8 Å². The second-order valence-electron chi connectivity index (χ2n) is 9.28. The van der Waals surface area contributed by atoms with Crippen LogP contribution >= 0.6 is 0 Å². The molecule has 0 spiro atoms. The molecule has 3 N–H and O–H groups in total. The van der Waals surface area contributed by atoms with E-state index in [1.54, 1.807) is 6.92 Å². The average Bonchev–Trinajstić information content (AvgIpc) is 3.19. The van der Waals surface area contributed by atoms with E-state index in [9.17, 15) is 27.5 Å². The molecule has 204 valence electrons. The van der Waals surface area contributed by atoms with Gasteiger partial charge in [-0.15, -0.1) is 0 Å². The van der Waals surface area contributed by atoms with Crippen LogP contribution < -0.4 is 14.8 Å². The number of hydrogen-bond acceptors (Lipinski definition) is 6. The number of carbonyl (C=O) groups excluding carboxylic acids is 1. The second-order valence-corrected chi connectivity index (χ2v) is 11.0. The molecule has 3 rings (SSSR count). The number of ether oxygens (including phenoxy) is 1. The summed E-state index contributed by atoms with van der Waals surface area (Å²) in [6.07, 6.45) is 0.601. The number of aromatic carboxylic acids is 1. The van der Waals surface area contributed by atoms with E-state index in [4.69, 9.17) is 4.74 Å². The van der Waals surface area contributed by atoms with Gasteiger partial charge in [-0.3, -0.25) is 4.79 Å². The van der Waals surface area contributed by atoms with Crippen molar-refractivity contribution in [3.63, 3.8) is 0 Å². The van der Waals surface area contributed by atoms with E-state index >= 15 is 0 Å². The SMILES string of the molecule is CCC(C)C(=O)Nc1ccc(Oc2c(C)c(C(=O)O)nn2-c2cccc(F)c2)c(S(=O)(=O)NCC(C)C)c1. The Morgan fingerprint density at radius 1 is 1.16 bits per heavy atom. The summed E-state index contributed by atoms with van der Waals surface area (Å²) in [6.45, 7) is 8.91. The number of anilines is 1. The highest BCUT2D eigenvalue weighted by molar-refractivity contribution is 7.89. The van der Waals surface area contributed by atoms with Crippen molar-refractivity contribution in [1.29, 1.82) is 0 Å². The first-order valence-corrected chi connectivity index (χ1v) is 13.5. The zero-order chi connectivity index (χ0) is 28.2. The molecule has 38 heavy (non-hydrogen) atoms. The molecule has 12 heteroatoms. The number of hydrogen-bond donors (Lipinski definition) is 3. The monoisotopic (exact) mass is 546 g/mol. The lowest BCUT2D eigenvalue weighted by atomic mass is 10.1. The molecule has 1 aromatic heterocycles. The van der Waals surface area contributed by atoms with E-state index < -0.39 is 21.8 Å². The largest absolute Gasteiger partial charge is 0.476 e. The third kappa shape index (κ3) is 6.56. The number of carboxylic acid groups (broad SMARTS) is 1. The van der Waals surface area contributed by atoms with Gasteiger partial charge in [-0.25, -0.2) is 22.3 Å². The third-order valence-corrected chi connectivity index (χ3v) is 7.22. The van der Waals surface area contributed by atoms with Gasteiger partial charge >= 0.3 is 5.97 Å². The lowest BCUT2D eigenvalue weighted by Gasteiger charge is -2.17. The van der Waals surface area contributed by atoms with E-state index in [1.165, 1.54) is 43.3 Å². The third-order valence-electron chi connectivity index (χ3n) is 5.77. The quantitative estimate of drug-likeness (QED) is 0.316. The van der Waals surface area contributed by atoms with Gasteiger partial charge in [0.1, 0.15) is 16.5 Å². The summed E-state index contributed by atoms with van der Waals surface area (Å²) in [7, 11) is -4.13. The van der Waals surface area contributed by atoms with Crippen LogP contribution in [0.4, 0.5) is 10.1 Å². The normalized spacial score (nSPS) is 12.4. The number of amides is 1. The van der Waals surface area contributed by atoms with Gasteiger partial charge in [0.25, 0.3) is 0 Å². The van der Waals surface area contributed by atoms with Gasteiger partial charge in [0, 0.05) is 23.7 Å². The second kappa shape index (κ2) is 11.7. The number of rotatable bonds is 11. The summed E-state index contributed by atoms with van der Waals surface area (Å²) in [5, 5.41) is 16.4. The number of halogens is 1. The minimum atomic E-state index is -4.13. The Hall–Kier alpha value is -3.77. The van der Waals surface area contributed by atoms with Crippen LogP contribution in [0.5, 0.6) is 11.6 Å². The lowest BCUT2D eigenvalue weighted by Crippen LogP contribution is -2.28. The Balaban J connectivity index is 2.15. The topological polar surface area (TPSA) is 140 Å². The summed E-state index contributed by atoms with van der Waals surface area (Å²) in [5.74, 6) is -2.71. The van der Waals surface area contributed by atoms with Crippen LogP contribution in [0, 0.1) is 24.6 Å². The van der Waals surface area contributed by atoms with Crippen molar-refractivity contribution in [3.8, 4) is 17.3 Å². The van der Waals surface area contributed by atoms with E-state index in [2.05, 4.69) is 15.1 Å². The average molecular weight is 547 g/mol. The van der Waals surface area contributed by atoms with Crippen LogP contribution in [0.2, 0.25) is 0 Å². The van der Waals surface area contributed by atoms with Crippen molar-refractivity contribution >= 4 is 27.6 Å². The zero-order valence-electron chi connectivity index (χ0n) is 21.8. The zero-order valence-corrected chi connectivity index (χ0v) is 22.6. The van der Waals surface area contributed by atoms with Gasteiger partial charge in [0.05, 0.1) is 5.69 Å². The predicted molar refractivity (Wildman–Crippen MR) is 140 cm³/mol. The summed E-state index contributed by atoms with van der Waals surface area (Å²) < 4.78 is 50.2. The highest BCUT2D eigenvalue weighted by atomic mass is 32.2. The van der Waals surface area contributed by atoms with Crippen molar-refractivity contribution in [2.24, 2.45) is 11.8 Å². The first-order chi connectivity index (χ1) is 17.8. The fraction of sp³-hybridized carbons (Fsp3) is 0.346. The van der Waals surface area contributed by atoms with Gasteiger partial charge in [0.15, 0.2) is 5.69 Å². The van der Waals surface area contributed by atoms with Crippen molar-refractivity contribution in [3.05, 3.63) is 59.5 Å². The molecule has 0 saturated heterocycles. The smallest absolute Gasteiger partial charge is 0.356 e. The molecule has 0 aliphatic rings. The Labute approximate surface area is 220 Å². The molecule has 1 amide bonds. The first-order valence-electron chi connectivity index (χ1n) is 12.0. The molecular weight excluding hydrogens is 515 g/mol. The highest BCUT2D eigenvalue weighted by Crippen LogP contribution is 2.35. The number of nitrogens with zero attached hydrogens (tertiary/aromatic N) is 2.